The summed E-state index contributed by atoms with van der Waals surface area (Å²) in [5.74, 6) is -1.25. The fourth-order valence-electron chi connectivity index (χ4n) is 2.54. The van der Waals surface area contributed by atoms with Gasteiger partial charge < -0.3 is 15.0 Å². The second-order valence-corrected chi connectivity index (χ2v) is 5.40. The molecule has 1 unspecified atom stereocenters. The van der Waals surface area contributed by atoms with E-state index in [0.717, 1.165) is 25.0 Å². The Kier molecular flexibility index (Phi) is 4.83. The van der Waals surface area contributed by atoms with E-state index in [2.05, 4.69) is 15.3 Å². The third kappa shape index (κ3) is 3.76. The molecule has 8 heteroatoms. The van der Waals surface area contributed by atoms with E-state index in [9.17, 15) is 13.6 Å². The average Bonchev–Trinajstić information content (AvgIpc) is 2.59. The third-order valence-corrected chi connectivity index (χ3v) is 3.69. The van der Waals surface area contributed by atoms with Crippen molar-refractivity contribution in [2.45, 2.75) is 18.9 Å². The average molecular weight is 334 g/mol. The molecule has 0 spiro atoms. The highest BCUT2D eigenvalue weighted by atomic mass is 19.1. The topological polar surface area (TPSA) is 67.4 Å². The zero-order chi connectivity index (χ0) is 16.9. The molecule has 1 atom stereocenters. The molecule has 1 N–H and O–H groups in total. The zero-order valence-corrected chi connectivity index (χ0v) is 12.8. The SMILES string of the molecule is O=C(Nc1c(F)cccc1F)N1CCCC(Oc2cnccn2)C1. The lowest BCUT2D eigenvalue weighted by Crippen LogP contribution is -2.46. The second kappa shape index (κ2) is 7.20. The third-order valence-electron chi connectivity index (χ3n) is 3.69. The maximum atomic E-state index is 13.6. The lowest BCUT2D eigenvalue weighted by atomic mass is 10.1. The number of aromatic nitrogens is 2. The largest absolute Gasteiger partial charge is 0.471 e. The van der Waals surface area contributed by atoms with Crippen LogP contribution in [0.2, 0.25) is 0 Å². The van der Waals surface area contributed by atoms with E-state index in [1.165, 1.54) is 29.6 Å². The highest BCUT2D eigenvalue weighted by Gasteiger charge is 2.26. The molecule has 1 fully saturated rings. The summed E-state index contributed by atoms with van der Waals surface area (Å²) in [7, 11) is 0. The quantitative estimate of drug-likeness (QED) is 0.937. The molecule has 0 radical (unpaired) electrons. The van der Waals surface area contributed by atoms with Gasteiger partial charge in [-0.2, -0.15) is 0 Å². The molecule has 6 nitrogen and oxygen atoms in total. The van der Waals surface area contributed by atoms with Gasteiger partial charge in [0, 0.05) is 18.9 Å². The minimum Gasteiger partial charge on any atom is -0.471 e. The van der Waals surface area contributed by atoms with Gasteiger partial charge in [-0.1, -0.05) is 6.07 Å². The lowest BCUT2D eigenvalue weighted by Gasteiger charge is -2.32. The number of rotatable bonds is 3. The van der Waals surface area contributed by atoms with Crippen molar-refractivity contribution in [1.29, 1.82) is 0 Å². The summed E-state index contributed by atoms with van der Waals surface area (Å²) in [6.07, 6.45) is 5.78. The van der Waals surface area contributed by atoms with Crippen molar-refractivity contribution in [3.63, 3.8) is 0 Å². The highest BCUT2D eigenvalue weighted by molar-refractivity contribution is 5.89. The van der Waals surface area contributed by atoms with Gasteiger partial charge in [-0.05, 0) is 25.0 Å². The number of para-hydroxylation sites is 1. The maximum absolute atomic E-state index is 13.6. The number of hydrogen-bond acceptors (Lipinski definition) is 4. The standard InChI is InChI=1S/C16H16F2N4O2/c17-12-4-1-5-13(18)15(12)21-16(23)22-8-2-3-11(10-22)24-14-9-19-6-7-20-14/h1,4-7,9,11H,2-3,8,10H2,(H,21,23). The van der Waals surface area contributed by atoms with Crippen LogP contribution in [0.15, 0.2) is 36.8 Å². The van der Waals surface area contributed by atoms with Gasteiger partial charge in [-0.3, -0.25) is 4.98 Å². The summed E-state index contributed by atoms with van der Waals surface area (Å²) in [5.41, 5.74) is -0.445. The monoisotopic (exact) mass is 334 g/mol. The van der Waals surface area contributed by atoms with Crippen molar-refractivity contribution in [3.8, 4) is 5.88 Å². The Morgan fingerprint density at radius 1 is 1.29 bits per heavy atom. The minimum absolute atomic E-state index is 0.244. The van der Waals surface area contributed by atoms with Crippen LogP contribution in [0.3, 0.4) is 0 Å². The molecule has 1 aromatic carbocycles. The molecule has 1 aliphatic heterocycles. The first-order valence-electron chi connectivity index (χ1n) is 7.56. The van der Waals surface area contributed by atoms with Crippen LogP contribution in [-0.2, 0) is 0 Å². The van der Waals surface area contributed by atoms with Gasteiger partial charge in [0.2, 0.25) is 5.88 Å². The Hall–Kier alpha value is -2.77. The summed E-state index contributed by atoms with van der Waals surface area (Å²) >= 11 is 0. The van der Waals surface area contributed by atoms with Crippen LogP contribution >= 0.6 is 0 Å². The number of ether oxygens (including phenoxy) is 1. The first-order valence-corrected chi connectivity index (χ1v) is 7.56. The maximum Gasteiger partial charge on any atom is 0.322 e. The summed E-state index contributed by atoms with van der Waals surface area (Å²) < 4.78 is 32.9. The van der Waals surface area contributed by atoms with Crippen LogP contribution in [0.4, 0.5) is 19.3 Å². The Balaban J connectivity index is 1.63. The van der Waals surface area contributed by atoms with Gasteiger partial charge in [-0.25, -0.2) is 18.6 Å². The van der Waals surface area contributed by atoms with Crippen molar-refractivity contribution in [1.82, 2.24) is 14.9 Å². The van der Waals surface area contributed by atoms with E-state index in [1.807, 2.05) is 0 Å². The van der Waals surface area contributed by atoms with E-state index in [1.54, 1.807) is 0 Å². The van der Waals surface area contributed by atoms with E-state index < -0.39 is 23.4 Å². The first kappa shape index (κ1) is 16.1. The van der Waals surface area contributed by atoms with Gasteiger partial charge in [-0.15, -0.1) is 0 Å². The minimum atomic E-state index is -0.812. The molecule has 0 aliphatic carbocycles. The Bertz CT molecular complexity index is 694. The molecule has 2 aromatic rings. The first-order chi connectivity index (χ1) is 11.6. The molecule has 1 aromatic heterocycles. The number of amides is 2. The molecule has 2 heterocycles. The van der Waals surface area contributed by atoms with Crippen LogP contribution in [0.1, 0.15) is 12.8 Å². The van der Waals surface area contributed by atoms with E-state index in [4.69, 9.17) is 4.74 Å². The summed E-state index contributed by atoms with van der Waals surface area (Å²) in [6.45, 7) is 0.792. The Morgan fingerprint density at radius 3 is 2.79 bits per heavy atom. The van der Waals surface area contributed by atoms with Gasteiger partial charge in [0.05, 0.1) is 12.7 Å². The van der Waals surface area contributed by atoms with Crippen molar-refractivity contribution in [2.75, 3.05) is 18.4 Å². The number of urea groups is 1. The molecular formula is C16H16F2N4O2. The number of nitrogens with zero attached hydrogens (tertiary/aromatic N) is 3. The number of carbonyl (C=O) groups excluding carboxylic acids is 1. The predicted molar refractivity (Wildman–Crippen MR) is 82.6 cm³/mol. The number of piperidine rings is 1. The Morgan fingerprint density at radius 2 is 2.08 bits per heavy atom. The molecule has 2 amide bonds. The van der Waals surface area contributed by atoms with Crippen LogP contribution in [0.5, 0.6) is 5.88 Å². The van der Waals surface area contributed by atoms with Crippen LogP contribution < -0.4 is 10.1 Å². The van der Waals surface area contributed by atoms with Crippen molar-refractivity contribution in [3.05, 3.63) is 48.4 Å². The number of anilines is 1. The zero-order valence-electron chi connectivity index (χ0n) is 12.8. The van der Waals surface area contributed by atoms with E-state index >= 15 is 0 Å². The van der Waals surface area contributed by atoms with E-state index in [-0.39, 0.29) is 6.10 Å². The van der Waals surface area contributed by atoms with Crippen molar-refractivity contribution >= 4 is 11.7 Å². The normalized spacial score (nSPS) is 17.4. The number of likely N-dealkylation sites (tertiary alicyclic amines) is 1. The predicted octanol–water partition coefficient (Wildman–Crippen LogP) is 2.83. The molecule has 126 valence electrons. The van der Waals surface area contributed by atoms with Crippen LogP contribution in [0, 0.1) is 11.6 Å². The van der Waals surface area contributed by atoms with Crippen molar-refractivity contribution in [2.24, 2.45) is 0 Å². The lowest BCUT2D eigenvalue weighted by molar-refractivity contribution is 0.102. The number of hydrogen-bond donors (Lipinski definition) is 1. The van der Waals surface area contributed by atoms with Gasteiger partial charge in [0.1, 0.15) is 23.4 Å². The number of halogens is 2. The number of carbonyl (C=O) groups is 1. The van der Waals surface area contributed by atoms with E-state index in [0.29, 0.717) is 19.0 Å². The fourth-order valence-corrected chi connectivity index (χ4v) is 2.54. The van der Waals surface area contributed by atoms with Gasteiger partial charge in [0.15, 0.2) is 0 Å². The molecule has 0 bridgehead atoms. The smallest absolute Gasteiger partial charge is 0.322 e. The number of nitrogens with one attached hydrogen (secondary N) is 1. The Labute approximate surface area is 137 Å². The summed E-state index contributed by atoms with van der Waals surface area (Å²) in [5, 5.41) is 2.29. The highest BCUT2D eigenvalue weighted by Crippen LogP contribution is 2.20. The van der Waals surface area contributed by atoms with Gasteiger partial charge in [0.25, 0.3) is 0 Å². The van der Waals surface area contributed by atoms with Gasteiger partial charge >= 0.3 is 6.03 Å². The fraction of sp³-hybridized carbons (Fsp3) is 0.312. The van der Waals surface area contributed by atoms with Crippen molar-refractivity contribution < 1.29 is 18.3 Å². The summed E-state index contributed by atoms with van der Waals surface area (Å²) in [4.78, 5) is 21.7. The second-order valence-electron chi connectivity index (χ2n) is 5.40. The molecule has 1 saturated heterocycles. The molecule has 0 saturated carbocycles. The molecule has 24 heavy (non-hydrogen) atoms. The molecular weight excluding hydrogens is 318 g/mol. The van der Waals surface area contributed by atoms with Crippen LogP contribution in [-0.4, -0.2) is 40.1 Å². The van der Waals surface area contributed by atoms with Crippen LogP contribution in [0.25, 0.3) is 0 Å². The molecule has 1 aliphatic rings. The number of benzene rings is 1. The molecule has 3 rings (SSSR count). The summed E-state index contributed by atoms with van der Waals surface area (Å²) in [6, 6.07) is 2.86.